The maximum Gasteiger partial charge on any atom is 0.165 e. The normalized spacial score (nSPS) is 12.0. The van der Waals surface area contributed by atoms with Crippen LogP contribution in [0.1, 0.15) is 0 Å². The van der Waals surface area contributed by atoms with E-state index in [0.29, 0.717) is 0 Å². The van der Waals surface area contributed by atoms with Gasteiger partial charge < -0.3 is 9.13 Å². The van der Waals surface area contributed by atoms with Crippen molar-refractivity contribution in [1.82, 2.24) is 43.2 Å². The molecule has 6 aromatic carbocycles. The van der Waals surface area contributed by atoms with Crippen molar-refractivity contribution < 1.29 is 0 Å². The van der Waals surface area contributed by atoms with Gasteiger partial charge in [0.25, 0.3) is 0 Å². The first-order chi connectivity index (χ1) is 34.8. The lowest BCUT2D eigenvalue weighted by Gasteiger charge is -2.27. The summed E-state index contributed by atoms with van der Waals surface area (Å²) in [6.45, 7) is 0. The van der Waals surface area contributed by atoms with E-state index in [1.165, 1.54) is 0 Å². The Morgan fingerprint density at radius 3 is 1.26 bits per heavy atom. The Bertz CT molecular complexity index is 4150. The van der Waals surface area contributed by atoms with Crippen molar-refractivity contribution in [2.75, 3.05) is 0 Å². The number of fused-ring (bicyclic) bond motifs is 12. The van der Waals surface area contributed by atoms with Gasteiger partial charge in [0.15, 0.2) is 11.6 Å². The number of hydrogen-bond acceptors (Lipinski definition) is 5. The first kappa shape index (κ1) is 38.4. The van der Waals surface area contributed by atoms with E-state index < -0.39 is 0 Å². The molecule has 70 heavy (non-hydrogen) atoms. The van der Waals surface area contributed by atoms with Gasteiger partial charge in [0.1, 0.15) is 11.4 Å². The summed E-state index contributed by atoms with van der Waals surface area (Å²) in [5.41, 5.74) is 14.8. The highest BCUT2D eigenvalue weighted by Gasteiger charge is 2.33. The van der Waals surface area contributed by atoms with E-state index in [4.69, 9.17) is 24.9 Å². The minimum Gasteiger partial charge on any atom is -0.305 e. The summed E-state index contributed by atoms with van der Waals surface area (Å²) in [6.07, 6.45) is 13.4. The second kappa shape index (κ2) is 14.9. The molecule has 0 atom stereocenters. The van der Waals surface area contributed by atoms with Gasteiger partial charge in [-0.1, -0.05) is 121 Å². The van der Waals surface area contributed by atoms with Gasteiger partial charge >= 0.3 is 0 Å². The molecule has 0 N–H and O–H groups in total. The highest BCUT2D eigenvalue weighted by atomic mass is 15.2. The summed E-state index contributed by atoms with van der Waals surface area (Å²) in [4.78, 5) is 25.5. The van der Waals surface area contributed by atoms with Crippen LogP contribution in [0.2, 0.25) is 0 Å². The second-order valence-electron chi connectivity index (χ2n) is 17.7. The molecular weight excluding hydrogens is 859 g/mol. The number of pyridine rings is 5. The molecule has 326 valence electrons. The molecule has 0 bridgehead atoms. The van der Waals surface area contributed by atoms with Crippen LogP contribution in [0.4, 0.5) is 0 Å². The standard InChI is InChI=1S/C61H37N9/c1-2-21-44(39(16-1)38-15-13-31-62-35-38)56-58(67-48-23-8-3-17-40(48)41-18-4-9-24-49(41)67)60(69-50-25-10-5-19-42(50)46-36-63-33-29-53(46)69)66-61(70-51-26-11-6-20-43(51)47-37-64-34-30-54(47)70)59(56)68-52-27-12-7-22-45(52)57-55(68)28-14-32-65-57/h1-37H. The summed E-state index contributed by atoms with van der Waals surface area (Å²) >= 11 is 0. The molecule has 0 amide bonds. The number of aromatic nitrogens is 9. The van der Waals surface area contributed by atoms with Crippen LogP contribution in [0.25, 0.3) is 133 Å². The van der Waals surface area contributed by atoms with Gasteiger partial charge in [-0.15, -0.1) is 0 Å². The Balaban J connectivity index is 1.30. The van der Waals surface area contributed by atoms with Gasteiger partial charge in [-0.05, 0) is 71.8 Å². The van der Waals surface area contributed by atoms with Gasteiger partial charge in [-0.2, -0.15) is 0 Å². The van der Waals surface area contributed by atoms with E-state index in [1.54, 1.807) is 0 Å². The first-order valence-corrected chi connectivity index (χ1v) is 23.4. The second-order valence-corrected chi connectivity index (χ2v) is 17.7. The Kier molecular flexibility index (Phi) is 8.16. The maximum atomic E-state index is 6.30. The third-order valence-electron chi connectivity index (χ3n) is 14.1. The van der Waals surface area contributed by atoms with Crippen LogP contribution >= 0.6 is 0 Å². The van der Waals surface area contributed by atoms with Crippen molar-refractivity contribution in [3.05, 3.63) is 225 Å². The molecule has 15 rings (SSSR count). The van der Waals surface area contributed by atoms with Crippen LogP contribution in [0.5, 0.6) is 0 Å². The van der Waals surface area contributed by atoms with Gasteiger partial charge in [0.2, 0.25) is 0 Å². The highest BCUT2D eigenvalue weighted by molar-refractivity contribution is 6.15. The zero-order valence-electron chi connectivity index (χ0n) is 37.4. The monoisotopic (exact) mass is 895 g/mol. The zero-order chi connectivity index (χ0) is 45.9. The summed E-state index contributed by atoms with van der Waals surface area (Å²) in [5.74, 6) is 1.48. The van der Waals surface area contributed by atoms with E-state index >= 15 is 0 Å². The molecule has 0 saturated carbocycles. The third kappa shape index (κ3) is 5.34. The maximum absolute atomic E-state index is 6.30. The van der Waals surface area contributed by atoms with Crippen LogP contribution in [0, 0.1) is 0 Å². The Hall–Kier alpha value is -9.73. The van der Waals surface area contributed by atoms with E-state index in [-0.39, 0.29) is 0 Å². The van der Waals surface area contributed by atoms with E-state index in [1.807, 2.05) is 55.5 Å². The number of para-hydroxylation sites is 5. The molecule has 9 nitrogen and oxygen atoms in total. The van der Waals surface area contributed by atoms with Crippen LogP contribution < -0.4 is 0 Å². The van der Waals surface area contributed by atoms with Gasteiger partial charge in [0.05, 0.1) is 49.7 Å². The largest absolute Gasteiger partial charge is 0.305 e. The number of benzene rings is 6. The highest BCUT2D eigenvalue weighted by Crippen LogP contribution is 2.50. The fraction of sp³-hybridized carbons (Fsp3) is 0. The molecule has 0 saturated heterocycles. The molecule has 0 fully saturated rings. The summed E-state index contributed by atoms with van der Waals surface area (Å²) in [7, 11) is 0. The summed E-state index contributed by atoms with van der Waals surface area (Å²) < 4.78 is 9.58. The lowest BCUT2D eigenvalue weighted by molar-refractivity contribution is 0.960. The molecule has 0 radical (unpaired) electrons. The molecule has 0 aliphatic rings. The van der Waals surface area contributed by atoms with Crippen LogP contribution in [0.15, 0.2) is 225 Å². The quantitative estimate of drug-likeness (QED) is 0.166. The van der Waals surface area contributed by atoms with Crippen LogP contribution in [-0.4, -0.2) is 43.2 Å². The van der Waals surface area contributed by atoms with Crippen molar-refractivity contribution in [2.24, 2.45) is 0 Å². The van der Waals surface area contributed by atoms with Crippen molar-refractivity contribution in [3.8, 4) is 45.3 Å². The zero-order valence-corrected chi connectivity index (χ0v) is 37.4. The SMILES string of the molecule is c1cncc(-c2ccccc2-c2c(-n3c4ccccc4c4ccccc43)c(-n3c4ccccc4c4cnccc43)nc(-n3c4ccccc4c4cnccc43)c2-n2c3ccccc3c3ncccc32)c1. The van der Waals surface area contributed by atoms with E-state index in [2.05, 4.69) is 188 Å². The predicted octanol–water partition coefficient (Wildman–Crippen LogP) is 14.4. The molecule has 15 aromatic rings. The minimum absolute atomic E-state index is 0.736. The lowest BCUT2D eigenvalue weighted by Crippen LogP contribution is -2.16. The molecule has 0 spiro atoms. The average molecular weight is 896 g/mol. The Morgan fingerprint density at radius 2 is 0.700 bits per heavy atom. The van der Waals surface area contributed by atoms with Crippen molar-refractivity contribution >= 4 is 87.4 Å². The number of nitrogens with zero attached hydrogens (tertiary/aromatic N) is 9. The first-order valence-electron chi connectivity index (χ1n) is 23.4. The van der Waals surface area contributed by atoms with Gasteiger partial charge in [-0.3, -0.25) is 29.1 Å². The Labute approximate surface area is 399 Å². The number of hydrogen-bond donors (Lipinski definition) is 0. The van der Waals surface area contributed by atoms with Gasteiger partial charge in [-0.25, -0.2) is 4.98 Å². The van der Waals surface area contributed by atoms with E-state index in [0.717, 1.165) is 133 Å². The van der Waals surface area contributed by atoms with E-state index in [9.17, 15) is 0 Å². The van der Waals surface area contributed by atoms with Crippen molar-refractivity contribution in [3.63, 3.8) is 0 Å². The van der Waals surface area contributed by atoms with Crippen LogP contribution in [-0.2, 0) is 0 Å². The molecule has 9 aromatic heterocycles. The molecule has 0 aliphatic heterocycles. The van der Waals surface area contributed by atoms with Crippen molar-refractivity contribution in [2.45, 2.75) is 0 Å². The summed E-state index contributed by atoms with van der Waals surface area (Å²) in [6, 6.07) is 64.7. The van der Waals surface area contributed by atoms with Crippen LogP contribution in [0.3, 0.4) is 0 Å². The van der Waals surface area contributed by atoms with Gasteiger partial charge in [0, 0.05) is 92.2 Å². The fourth-order valence-electron chi connectivity index (χ4n) is 11.3. The fourth-order valence-corrected chi connectivity index (χ4v) is 11.3. The molecular formula is C61H37N9. The molecule has 0 aliphatic carbocycles. The van der Waals surface area contributed by atoms with Crippen molar-refractivity contribution in [1.29, 1.82) is 0 Å². The Morgan fingerprint density at radius 1 is 0.286 bits per heavy atom. The lowest BCUT2D eigenvalue weighted by atomic mass is 9.92. The third-order valence-corrected chi connectivity index (χ3v) is 14.1. The average Bonchev–Trinajstić information content (AvgIpc) is 4.16. The molecule has 9 heterocycles. The predicted molar refractivity (Wildman–Crippen MR) is 284 cm³/mol. The molecule has 9 heteroatoms. The smallest absolute Gasteiger partial charge is 0.165 e. The minimum atomic E-state index is 0.736. The summed E-state index contributed by atoms with van der Waals surface area (Å²) in [5, 5.41) is 7.55. The molecule has 0 unspecified atom stereocenters. The number of rotatable bonds is 6. The topological polar surface area (TPSA) is 84.2 Å².